The van der Waals surface area contributed by atoms with E-state index in [9.17, 15) is 13.2 Å². The highest BCUT2D eigenvalue weighted by molar-refractivity contribution is 8.00. The first-order chi connectivity index (χ1) is 9.94. The van der Waals surface area contributed by atoms with Crippen molar-refractivity contribution in [2.24, 2.45) is 0 Å². The predicted octanol–water partition coefficient (Wildman–Crippen LogP) is 2.84. The van der Waals surface area contributed by atoms with Crippen LogP contribution in [-0.2, 0) is 10.0 Å². The second kappa shape index (κ2) is 6.94. The number of carbonyl (C=O) groups excluding carboxylic acids is 1. The minimum atomic E-state index is -3.51. The maximum atomic E-state index is 12.4. The van der Waals surface area contributed by atoms with Crippen molar-refractivity contribution in [1.82, 2.24) is 4.72 Å². The molecule has 1 aliphatic rings. The van der Waals surface area contributed by atoms with E-state index in [0.717, 1.165) is 25.0 Å². The van der Waals surface area contributed by atoms with Crippen molar-refractivity contribution in [3.05, 3.63) is 29.8 Å². The first-order valence-electron chi connectivity index (χ1n) is 7.19. The number of hydrogen-bond acceptors (Lipinski definition) is 4. The third-order valence-corrected chi connectivity index (χ3v) is 6.54. The summed E-state index contributed by atoms with van der Waals surface area (Å²) in [5.74, 6) is 0.929. The Kier molecular flexibility index (Phi) is 5.46. The summed E-state index contributed by atoms with van der Waals surface area (Å²) in [7, 11) is -3.51. The standard InChI is InChI=1S/C15H21NO3S2/c1-3-20-15-6-4-5-14(15)16-21(18,19)13-9-7-12(8-10-13)11(2)17/h7-10,14-16H,3-6H2,1-2H3. The summed E-state index contributed by atoms with van der Waals surface area (Å²) < 4.78 is 27.6. The van der Waals surface area contributed by atoms with E-state index >= 15 is 0 Å². The van der Waals surface area contributed by atoms with Crippen LogP contribution in [-0.4, -0.2) is 31.2 Å². The Morgan fingerprint density at radius 3 is 2.52 bits per heavy atom. The van der Waals surface area contributed by atoms with Gasteiger partial charge in [0.05, 0.1) is 4.90 Å². The molecule has 2 rings (SSSR count). The molecule has 0 aromatic heterocycles. The van der Waals surface area contributed by atoms with Gasteiger partial charge in [-0.3, -0.25) is 4.79 Å². The molecular formula is C15H21NO3S2. The fourth-order valence-corrected chi connectivity index (χ4v) is 5.21. The van der Waals surface area contributed by atoms with Crippen molar-refractivity contribution in [3.63, 3.8) is 0 Å². The number of carbonyl (C=O) groups is 1. The Bertz CT molecular complexity index is 596. The Morgan fingerprint density at radius 1 is 1.29 bits per heavy atom. The summed E-state index contributed by atoms with van der Waals surface area (Å²) in [6.45, 7) is 3.56. The van der Waals surface area contributed by atoms with Gasteiger partial charge in [-0.15, -0.1) is 0 Å². The molecule has 1 N–H and O–H groups in total. The highest BCUT2D eigenvalue weighted by Gasteiger charge is 2.31. The third kappa shape index (κ3) is 4.08. The molecule has 0 radical (unpaired) electrons. The summed E-state index contributed by atoms with van der Waals surface area (Å²) in [4.78, 5) is 11.5. The second-order valence-corrected chi connectivity index (χ2v) is 8.46. The van der Waals surface area contributed by atoms with Gasteiger partial charge in [-0.1, -0.05) is 25.5 Å². The lowest BCUT2D eigenvalue weighted by Gasteiger charge is -2.20. The van der Waals surface area contributed by atoms with Gasteiger partial charge in [-0.05, 0) is 37.7 Å². The van der Waals surface area contributed by atoms with Crippen LogP contribution < -0.4 is 4.72 Å². The molecule has 1 fully saturated rings. The van der Waals surface area contributed by atoms with Crippen LogP contribution in [0.4, 0.5) is 0 Å². The Balaban J connectivity index is 2.12. The Morgan fingerprint density at radius 2 is 1.95 bits per heavy atom. The zero-order chi connectivity index (χ0) is 15.5. The minimum absolute atomic E-state index is 0.00688. The zero-order valence-corrected chi connectivity index (χ0v) is 14.0. The van der Waals surface area contributed by atoms with Crippen LogP contribution in [0.3, 0.4) is 0 Å². The quantitative estimate of drug-likeness (QED) is 0.816. The van der Waals surface area contributed by atoms with Crippen molar-refractivity contribution >= 4 is 27.6 Å². The molecule has 1 saturated carbocycles. The lowest BCUT2D eigenvalue weighted by Crippen LogP contribution is -2.38. The molecule has 21 heavy (non-hydrogen) atoms. The summed E-state index contributed by atoms with van der Waals surface area (Å²) in [5.41, 5.74) is 0.522. The van der Waals surface area contributed by atoms with Crippen LogP contribution in [0.5, 0.6) is 0 Å². The lowest BCUT2D eigenvalue weighted by atomic mass is 10.2. The van der Waals surface area contributed by atoms with Gasteiger partial charge >= 0.3 is 0 Å². The molecule has 6 heteroatoms. The predicted molar refractivity (Wildman–Crippen MR) is 86.3 cm³/mol. The summed E-state index contributed by atoms with van der Waals surface area (Å²) >= 11 is 1.82. The first-order valence-corrected chi connectivity index (χ1v) is 9.72. The maximum Gasteiger partial charge on any atom is 0.240 e. The smallest absolute Gasteiger partial charge is 0.240 e. The van der Waals surface area contributed by atoms with Crippen molar-refractivity contribution in [2.45, 2.75) is 49.3 Å². The van der Waals surface area contributed by atoms with Crippen molar-refractivity contribution in [3.8, 4) is 0 Å². The summed E-state index contributed by atoms with van der Waals surface area (Å²) in [6, 6.07) is 6.12. The number of Topliss-reactive ketones (excluding diaryl/α,β-unsaturated/α-hetero) is 1. The van der Waals surface area contributed by atoms with E-state index < -0.39 is 10.0 Å². The van der Waals surface area contributed by atoms with Gasteiger partial charge < -0.3 is 0 Å². The number of sulfonamides is 1. The van der Waals surface area contributed by atoms with Gasteiger partial charge in [0, 0.05) is 16.9 Å². The van der Waals surface area contributed by atoms with Crippen LogP contribution in [0.2, 0.25) is 0 Å². The normalized spacial score (nSPS) is 22.4. The first kappa shape index (κ1) is 16.5. The van der Waals surface area contributed by atoms with Gasteiger partial charge in [0.25, 0.3) is 0 Å². The number of benzene rings is 1. The van der Waals surface area contributed by atoms with Crippen LogP contribution in [0.25, 0.3) is 0 Å². The second-order valence-electron chi connectivity index (χ2n) is 5.23. The third-order valence-electron chi connectivity index (χ3n) is 3.71. The number of hydrogen-bond donors (Lipinski definition) is 1. The highest BCUT2D eigenvalue weighted by atomic mass is 32.2. The molecule has 116 valence electrons. The lowest BCUT2D eigenvalue weighted by molar-refractivity contribution is 0.101. The molecular weight excluding hydrogens is 306 g/mol. The van der Waals surface area contributed by atoms with E-state index in [-0.39, 0.29) is 16.7 Å². The average molecular weight is 327 g/mol. The van der Waals surface area contributed by atoms with E-state index in [4.69, 9.17) is 0 Å². The van der Waals surface area contributed by atoms with Crippen LogP contribution in [0.1, 0.15) is 43.5 Å². The molecule has 0 bridgehead atoms. The fourth-order valence-electron chi connectivity index (χ4n) is 2.61. The molecule has 0 aliphatic heterocycles. The topological polar surface area (TPSA) is 63.2 Å². The molecule has 0 spiro atoms. The molecule has 0 amide bonds. The SMILES string of the molecule is CCSC1CCCC1NS(=O)(=O)c1ccc(C(C)=O)cc1. The van der Waals surface area contributed by atoms with Crippen LogP contribution in [0, 0.1) is 0 Å². The van der Waals surface area contributed by atoms with E-state index in [1.54, 1.807) is 12.1 Å². The van der Waals surface area contributed by atoms with Crippen LogP contribution in [0.15, 0.2) is 29.2 Å². The Hall–Kier alpha value is -0.850. The van der Waals surface area contributed by atoms with Gasteiger partial charge in [0.1, 0.15) is 0 Å². The van der Waals surface area contributed by atoms with E-state index in [1.807, 2.05) is 11.8 Å². The maximum absolute atomic E-state index is 12.4. The van der Waals surface area contributed by atoms with Crippen molar-refractivity contribution in [2.75, 3.05) is 5.75 Å². The van der Waals surface area contributed by atoms with Crippen LogP contribution >= 0.6 is 11.8 Å². The number of thioether (sulfide) groups is 1. The van der Waals surface area contributed by atoms with E-state index in [1.165, 1.54) is 19.1 Å². The van der Waals surface area contributed by atoms with Gasteiger partial charge in [-0.2, -0.15) is 11.8 Å². The van der Waals surface area contributed by atoms with Gasteiger partial charge in [-0.25, -0.2) is 13.1 Å². The Labute approximate surface area is 130 Å². The average Bonchev–Trinajstić information content (AvgIpc) is 2.86. The zero-order valence-electron chi connectivity index (χ0n) is 12.3. The molecule has 1 aliphatic carbocycles. The molecule has 1 aromatic rings. The molecule has 2 atom stereocenters. The number of rotatable bonds is 6. The minimum Gasteiger partial charge on any atom is -0.295 e. The van der Waals surface area contributed by atoms with Gasteiger partial charge in [0.2, 0.25) is 10.0 Å². The van der Waals surface area contributed by atoms with E-state index in [2.05, 4.69) is 11.6 Å². The molecule has 4 nitrogen and oxygen atoms in total. The summed E-state index contributed by atoms with van der Waals surface area (Å²) in [6.07, 6.45) is 3.02. The van der Waals surface area contributed by atoms with Crippen molar-refractivity contribution in [1.29, 1.82) is 0 Å². The monoisotopic (exact) mass is 327 g/mol. The van der Waals surface area contributed by atoms with Crippen molar-refractivity contribution < 1.29 is 13.2 Å². The molecule has 2 unspecified atom stereocenters. The molecule has 0 saturated heterocycles. The highest BCUT2D eigenvalue weighted by Crippen LogP contribution is 2.30. The molecule has 0 heterocycles. The van der Waals surface area contributed by atoms with E-state index in [0.29, 0.717) is 10.8 Å². The summed E-state index contributed by atoms with van der Waals surface area (Å²) in [5, 5.41) is 0.362. The number of nitrogens with one attached hydrogen (secondary N) is 1. The fraction of sp³-hybridized carbons (Fsp3) is 0.533. The van der Waals surface area contributed by atoms with Gasteiger partial charge in [0.15, 0.2) is 5.78 Å². The number of ketones is 1. The molecule has 1 aromatic carbocycles. The largest absolute Gasteiger partial charge is 0.295 e.